The lowest BCUT2D eigenvalue weighted by molar-refractivity contribution is 0.0249. The Bertz CT molecular complexity index is 258. The number of hydrogen-bond acceptors (Lipinski definition) is 4. The quantitative estimate of drug-likeness (QED) is 0.572. The van der Waals surface area contributed by atoms with Crippen LogP contribution in [0.15, 0.2) is 0 Å². The van der Waals surface area contributed by atoms with E-state index in [0.717, 1.165) is 0 Å². The second kappa shape index (κ2) is 8.50. The van der Waals surface area contributed by atoms with E-state index in [4.69, 9.17) is 13.3 Å². The standard InChI is InChI=1S/C13H33O3SSi3/c1-11(2)14-20(15-12(3)4,16-13(5)6)17-19(9,10)18(7)8/h11-13H,1-10H3. The van der Waals surface area contributed by atoms with Crippen LogP contribution in [0.5, 0.6) is 0 Å². The monoisotopic (exact) mass is 353 g/mol. The molecular formula is C13H33O3SSi3. The topological polar surface area (TPSA) is 27.7 Å². The van der Waals surface area contributed by atoms with E-state index >= 15 is 0 Å². The van der Waals surface area contributed by atoms with Crippen LogP contribution in [-0.2, 0) is 13.3 Å². The molecule has 0 saturated heterocycles. The van der Waals surface area contributed by atoms with Crippen LogP contribution in [0.4, 0.5) is 0 Å². The van der Waals surface area contributed by atoms with E-state index in [1.807, 2.05) is 10.7 Å². The van der Waals surface area contributed by atoms with Crippen LogP contribution < -0.4 is 0 Å². The first-order valence-electron chi connectivity index (χ1n) is 7.44. The predicted octanol–water partition coefficient (Wildman–Crippen LogP) is 4.47. The minimum absolute atomic E-state index is 0.126. The molecule has 0 bridgehead atoms. The fourth-order valence-corrected chi connectivity index (χ4v) is 26.6. The molecule has 0 spiro atoms. The Labute approximate surface area is 133 Å². The molecule has 0 rings (SSSR count). The molecule has 0 aliphatic heterocycles. The molecule has 0 N–H and O–H groups in total. The minimum atomic E-state index is -2.68. The van der Waals surface area contributed by atoms with Crippen molar-refractivity contribution in [1.29, 1.82) is 0 Å². The summed E-state index contributed by atoms with van der Waals surface area (Å²) in [5.74, 6) is 0. The molecule has 0 aromatic heterocycles. The first-order chi connectivity index (χ1) is 8.90. The molecular weight excluding hydrogens is 320 g/mol. The Morgan fingerprint density at radius 1 is 0.750 bits per heavy atom. The van der Waals surface area contributed by atoms with Crippen molar-refractivity contribution in [3.63, 3.8) is 0 Å². The molecule has 0 aliphatic rings. The van der Waals surface area contributed by atoms with E-state index in [0.29, 0.717) is 0 Å². The fraction of sp³-hybridized carbons (Fsp3) is 1.00. The summed E-state index contributed by atoms with van der Waals surface area (Å²) in [6, 6.07) is 0. The first kappa shape index (κ1) is 20.9. The van der Waals surface area contributed by atoms with E-state index in [9.17, 15) is 0 Å². The summed E-state index contributed by atoms with van der Waals surface area (Å²) in [5.41, 5.74) is 0. The Balaban J connectivity index is 5.35. The summed E-state index contributed by atoms with van der Waals surface area (Å²) in [5, 5.41) is 0. The summed E-state index contributed by atoms with van der Waals surface area (Å²) >= 11 is 0. The van der Waals surface area contributed by atoms with Gasteiger partial charge in [0.2, 0.25) is 0 Å². The maximum absolute atomic E-state index is 6.25. The highest BCUT2D eigenvalue weighted by Crippen LogP contribution is 2.37. The Morgan fingerprint density at radius 3 is 1.25 bits per heavy atom. The van der Waals surface area contributed by atoms with E-state index < -0.39 is 14.7 Å². The van der Waals surface area contributed by atoms with Gasteiger partial charge in [-0.3, -0.25) is 0 Å². The van der Waals surface area contributed by atoms with Crippen LogP contribution in [-0.4, -0.2) is 41.3 Å². The zero-order chi connectivity index (χ0) is 16.1. The van der Waals surface area contributed by atoms with Gasteiger partial charge in [0, 0.05) is 26.6 Å². The first-order valence-corrected chi connectivity index (χ1v) is 17.9. The van der Waals surface area contributed by atoms with Gasteiger partial charge in [0.05, 0.1) is 0 Å². The maximum atomic E-state index is 6.25. The number of hydrogen-bond donors (Lipinski definition) is 0. The molecule has 0 aromatic carbocycles. The summed E-state index contributed by atoms with van der Waals surface area (Å²) in [6.07, 6.45) is 0.377. The van der Waals surface area contributed by atoms with Gasteiger partial charge < -0.3 is 13.3 Å². The highest BCUT2D eigenvalue weighted by molar-refractivity contribution is 8.52. The second-order valence-electron chi connectivity index (χ2n) is 6.61. The zero-order valence-electron chi connectivity index (χ0n) is 14.9. The van der Waals surface area contributed by atoms with Crippen LogP contribution in [0.2, 0.25) is 26.2 Å². The van der Waals surface area contributed by atoms with Gasteiger partial charge in [0.25, 0.3) is 0 Å². The lowest BCUT2D eigenvalue weighted by atomic mass is 10.5. The van der Waals surface area contributed by atoms with E-state index in [2.05, 4.69) is 67.7 Å². The molecule has 0 heterocycles. The molecule has 20 heavy (non-hydrogen) atoms. The van der Waals surface area contributed by atoms with Crippen molar-refractivity contribution in [3.8, 4) is 0 Å². The van der Waals surface area contributed by atoms with Crippen molar-refractivity contribution < 1.29 is 13.3 Å². The summed E-state index contributed by atoms with van der Waals surface area (Å²) < 4.78 is 18.8. The second-order valence-corrected chi connectivity index (χ2v) is 28.4. The van der Waals surface area contributed by atoms with Crippen molar-refractivity contribution in [3.05, 3.63) is 0 Å². The molecule has 0 aliphatic carbocycles. The normalized spacial score (nSPS) is 14.1. The van der Waals surface area contributed by atoms with Crippen molar-refractivity contribution >= 4 is 33.7 Å². The van der Waals surface area contributed by atoms with Crippen molar-refractivity contribution in [2.24, 2.45) is 0 Å². The van der Waals surface area contributed by atoms with Gasteiger partial charge in [-0.05, 0) is 41.5 Å². The smallest absolute Gasteiger partial charge is 0.363 e. The number of rotatable bonds is 9. The van der Waals surface area contributed by atoms with Gasteiger partial charge in [-0.15, -0.1) is 10.7 Å². The van der Waals surface area contributed by atoms with Gasteiger partial charge in [-0.2, -0.15) is 0 Å². The lowest BCUT2D eigenvalue weighted by Crippen LogP contribution is -2.54. The van der Waals surface area contributed by atoms with Crippen molar-refractivity contribution in [2.75, 3.05) is 0 Å². The third kappa shape index (κ3) is 7.77. The van der Waals surface area contributed by atoms with Crippen LogP contribution in [0.3, 0.4) is 0 Å². The van der Waals surface area contributed by atoms with Gasteiger partial charge >= 0.3 is 7.95 Å². The minimum Gasteiger partial charge on any atom is -0.363 e. The van der Waals surface area contributed by atoms with Crippen LogP contribution in [0.1, 0.15) is 41.5 Å². The molecule has 3 nitrogen and oxygen atoms in total. The van der Waals surface area contributed by atoms with Crippen molar-refractivity contribution in [1.82, 2.24) is 0 Å². The molecule has 0 atom stereocenters. The third-order valence-electron chi connectivity index (χ3n) is 2.72. The predicted molar refractivity (Wildman–Crippen MR) is 97.0 cm³/mol. The van der Waals surface area contributed by atoms with Crippen LogP contribution in [0, 0.1) is 0 Å². The van der Waals surface area contributed by atoms with E-state index in [1.165, 1.54) is 0 Å². The fourth-order valence-electron chi connectivity index (χ4n) is 1.44. The summed E-state index contributed by atoms with van der Waals surface area (Å²) in [6.45, 7) is 20.6. The highest BCUT2D eigenvalue weighted by Gasteiger charge is 2.51. The van der Waals surface area contributed by atoms with E-state index in [-0.39, 0.29) is 26.6 Å². The third-order valence-corrected chi connectivity index (χ3v) is 31.8. The largest absolute Gasteiger partial charge is 0.567 e. The molecule has 0 unspecified atom stereocenters. The maximum Gasteiger partial charge on any atom is 0.567 e. The zero-order valence-corrected chi connectivity index (χ0v) is 18.7. The average Bonchev–Trinajstić information content (AvgIpc) is 2.10. The summed E-state index contributed by atoms with van der Waals surface area (Å²) in [7, 11) is -1.09. The molecule has 0 aromatic rings. The molecule has 121 valence electrons. The molecule has 7 heteroatoms. The molecule has 0 amide bonds. The van der Waals surface area contributed by atoms with Gasteiger partial charge in [0.1, 0.15) is 6.74 Å². The SMILES string of the molecule is CC(C)O[Si](OC(C)C)(OC(C)C)S[Si](C)(C)[Si](C)C. The molecule has 0 fully saturated rings. The van der Waals surface area contributed by atoms with Gasteiger partial charge in [0.15, 0.2) is 0 Å². The highest BCUT2D eigenvalue weighted by atomic mass is 32.5. The molecule has 0 saturated carbocycles. The average molecular weight is 354 g/mol. The Kier molecular flexibility index (Phi) is 8.87. The van der Waals surface area contributed by atoms with Crippen molar-refractivity contribution in [2.45, 2.75) is 86.0 Å². The van der Waals surface area contributed by atoms with Gasteiger partial charge in [-0.1, -0.05) is 26.2 Å². The summed E-state index contributed by atoms with van der Waals surface area (Å²) in [4.78, 5) is 0. The van der Waals surface area contributed by atoms with Crippen LogP contribution >= 0.6 is 10.7 Å². The van der Waals surface area contributed by atoms with Gasteiger partial charge in [-0.25, -0.2) is 0 Å². The van der Waals surface area contributed by atoms with Crippen LogP contribution in [0.25, 0.3) is 0 Å². The Hall–Kier alpha value is 0.881. The van der Waals surface area contributed by atoms with E-state index in [1.54, 1.807) is 0 Å². The Morgan fingerprint density at radius 2 is 1.05 bits per heavy atom. The lowest BCUT2D eigenvalue weighted by Gasteiger charge is -2.39. The molecule has 1 radical (unpaired) electrons.